The number of hydrogen-bond acceptors (Lipinski definition) is 2. The molecule has 0 aliphatic heterocycles. The summed E-state index contributed by atoms with van der Waals surface area (Å²) in [5, 5.41) is 0. The highest BCUT2D eigenvalue weighted by Crippen LogP contribution is 2.27. The van der Waals surface area contributed by atoms with E-state index in [0.29, 0.717) is 12.3 Å². The van der Waals surface area contributed by atoms with Gasteiger partial charge in [-0.3, -0.25) is 11.3 Å². The van der Waals surface area contributed by atoms with Gasteiger partial charge in [-0.2, -0.15) is 0 Å². The monoisotopic (exact) mass is 254 g/mol. The van der Waals surface area contributed by atoms with Gasteiger partial charge in [0.25, 0.3) is 0 Å². The predicted molar refractivity (Wildman–Crippen MR) is 67.7 cm³/mol. The summed E-state index contributed by atoms with van der Waals surface area (Å²) in [7, 11) is 0. The molecule has 3 N–H and O–H groups in total. The van der Waals surface area contributed by atoms with Crippen molar-refractivity contribution < 1.29 is 8.78 Å². The van der Waals surface area contributed by atoms with Gasteiger partial charge in [-0.15, -0.1) is 0 Å². The molecular formula is C14H20F2N2. The zero-order chi connectivity index (χ0) is 13.0. The van der Waals surface area contributed by atoms with Gasteiger partial charge in [0.05, 0.1) is 0 Å². The molecule has 1 aliphatic carbocycles. The van der Waals surface area contributed by atoms with Gasteiger partial charge in [0.15, 0.2) is 11.6 Å². The maximum atomic E-state index is 13.1. The minimum atomic E-state index is -0.798. The summed E-state index contributed by atoms with van der Waals surface area (Å²) in [4.78, 5) is 0. The Kier molecular flexibility index (Phi) is 4.66. The Labute approximate surface area is 107 Å². The molecule has 1 atom stereocenters. The predicted octanol–water partition coefficient (Wildman–Crippen LogP) is 2.92. The van der Waals surface area contributed by atoms with Crippen LogP contribution in [0.25, 0.3) is 0 Å². The Morgan fingerprint density at radius 2 is 1.89 bits per heavy atom. The molecule has 18 heavy (non-hydrogen) atoms. The maximum absolute atomic E-state index is 13.1. The van der Waals surface area contributed by atoms with Crippen LogP contribution in [0.15, 0.2) is 18.2 Å². The van der Waals surface area contributed by atoms with Gasteiger partial charge < -0.3 is 0 Å². The Balaban J connectivity index is 2.02. The van der Waals surface area contributed by atoms with E-state index >= 15 is 0 Å². The zero-order valence-electron chi connectivity index (χ0n) is 10.5. The molecule has 0 aromatic heterocycles. The van der Waals surface area contributed by atoms with Gasteiger partial charge >= 0.3 is 0 Å². The van der Waals surface area contributed by atoms with E-state index < -0.39 is 11.6 Å². The topological polar surface area (TPSA) is 38.0 Å². The standard InChI is InChI=1S/C14H20F2N2/c15-12-7-6-10(8-13(12)16)9-14(18-17)11-4-2-1-3-5-11/h6-8,11,14,18H,1-5,9,17H2. The summed E-state index contributed by atoms with van der Waals surface area (Å²) < 4.78 is 26.0. The summed E-state index contributed by atoms with van der Waals surface area (Å²) in [6.07, 6.45) is 6.75. The third kappa shape index (κ3) is 3.27. The normalized spacial score (nSPS) is 18.8. The van der Waals surface area contributed by atoms with Crippen molar-refractivity contribution in [2.75, 3.05) is 0 Å². The quantitative estimate of drug-likeness (QED) is 0.640. The summed E-state index contributed by atoms with van der Waals surface area (Å²) in [6.45, 7) is 0. The maximum Gasteiger partial charge on any atom is 0.159 e. The van der Waals surface area contributed by atoms with Crippen LogP contribution in [0, 0.1) is 17.6 Å². The average Bonchev–Trinajstić information content (AvgIpc) is 2.41. The van der Waals surface area contributed by atoms with Gasteiger partial charge in [-0.1, -0.05) is 25.3 Å². The van der Waals surface area contributed by atoms with Crippen molar-refractivity contribution in [3.05, 3.63) is 35.4 Å². The zero-order valence-corrected chi connectivity index (χ0v) is 10.5. The molecule has 100 valence electrons. The lowest BCUT2D eigenvalue weighted by molar-refractivity contribution is 0.268. The molecule has 0 saturated heterocycles. The third-order valence-electron chi connectivity index (χ3n) is 3.87. The van der Waals surface area contributed by atoms with Crippen LogP contribution in [-0.2, 0) is 6.42 Å². The van der Waals surface area contributed by atoms with E-state index in [2.05, 4.69) is 5.43 Å². The van der Waals surface area contributed by atoms with E-state index in [1.165, 1.54) is 44.2 Å². The van der Waals surface area contributed by atoms with Crippen molar-refractivity contribution in [1.29, 1.82) is 0 Å². The minimum Gasteiger partial charge on any atom is -0.271 e. The number of halogens is 2. The lowest BCUT2D eigenvalue weighted by atomic mass is 9.82. The van der Waals surface area contributed by atoms with Gasteiger partial charge in [-0.25, -0.2) is 8.78 Å². The Bertz CT molecular complexity index is 389. The van der Waals surface area contributed by atoms with Crippen LogP contribution in [-0.4, -0.2) is 6.04 Å². The van der Waals surface area contributed by atoms with E-state index in [-0.39, 0.29) is 6.04 Å². The molecule has 1 saturated carbocycles. The molecule has 0 spiro atoms. The van der Waals surface area contributed by atoms with Crippen molar-refractivity contribution in [3.63, 3.8) is 0 Å². The largest absolute Gasteiger partial charge is 0.271 e. The number of hydrogen-bond donors (Lipinski definition) is 2. The van der Waals surface area contributed by atoms with Crippen LogP contribution in [0.5, 0.6) is 0 Å². The van der Waals surface area contributed by atoms with Gasteiger partial charge in [0.1, 0.15) is 0 Å². The van der Waals surface area contributed by atoms with Crippen molar-refractivity contribution in [1.82, 2.24) is 5.43 Å². The Morgan fingerprint density at radius 1 is 1.17 bits per heavy atom. The molecule has 0 heterocycles. The highest BCUT2D eigenvalue weighted by molar-refractivity contribution is 5.19. The first-order valence-electron chi connectivity index (χ1n) is 6.60. The van der Waals surface area contributed by atoms with Crippen LogP contribution >= 0.6 is 0 Å². The van der Waals surface area contributed by atoms with Gasteiger partial charge in [0, 0.05) is 6.04 Å². The van der Waals surface area contributed by atoms with Crippen LogP contribution < -0.4 is 11.3 Å². The molecule has 1 aromatic carbocycles. The SMILES string of the molecule is NNC(Cc1ccc(F)c(F)c1)C1CCCCC1. The number of rotatable bonds is 4. The van der Waals surface area contributed by atoms with Crippen molar-refractivity contribution in [3.8, 4) is 0 Å². The average molecular weight is 254 g/mol. The van der Waals surface area contributed by atoms with Crippen LogP contribution in [0.4, 0.5) is 8.78 Å². The molecule has 1 unspecified atom stereocenters. The van der Waals surface area contributed by atoms with E-state index in [4.69, 9.17) is 5.84 Å². The smallest absolute Gasteiger partial charge is 0.159 e. The van der Waals surface area contributed by atoms with Crippen LogP contribution in [0.3, 0.4) is 0 Å². The van der Waals surface area contributed by atoms with Crippen LogP contribution in [0.2, 0.25) is 0 Å². The van der Waals surface area contributed by atoms with E-state index in [9.17, 15) is 8.78 Å². The fourth-order valence-corrected chi connectivity index (χ4v) is 2.82. The van der Waals surface area contributed by atoms with Gasteiger partial charge in [-0.05, 0) is 42.9 Å². The second kappa shape index (κ2) is 6.25. The highest BCUT2D eigenvalue weighted by atomic mass is 19.2. The molecule has 1 aliphatic rings. The molecular weight excluding hydrogens is 234 g/mol. The minimum absolute atomic E-state index is 0.148. The molecule has 0 radical (unpaired) electrons. The highest BCUT2D eigenvalue weighted by Gasteiger charge is 2.23. The molecule has 1 fully saturated rings. The number of nitrogens with one attached hydrogen (secondary N) is 1. The molecule has 0 bridgehead atoms. The first kappa shape index (κ1) is 13.4. The number of benzene rings is 1. The second-order valence-electron chi connectivity index (χ2n) is 5.12. The third-order valence-corrected chi connectivity index (χ3v) is 3.87. The van der Waals surface area contributed by atoms with E-state index in [1.54, 1.807) is 6.07 Å². The van der Waals surface area contributed by atoms with Crippen LogP contribution in [0.1, 0.15) is 37.7 Å². The molecule has 2 nitrogen and oxygen atoms in total. The first-order valence-corrected chi connectivity index (χ1v) is 6.60. The number of hydrazine groups is 1. The van der Waals surface area contributed by atoms with E-state index in [0.717, 1.165) is 5.56 Å². The fourth-order valence-electron chi connectivity index (χ4n) is 2.82. The fraction of sp³-hybridized carbons (Fsp3) is 0.571. The summed E-state index contributed by atoms with van der Waals surface area (Å²) >= 11 is 0. The molecule has 2 rings (SSSR count). The molecule has 1 aromatic rings. The van der Waals surface area contributed by atoms with Crippen molar-refractivity contribution in [2.45, 2.75) is 44.6 Å². The first-order chi connectivity index (χ1) is 8.70. The summed E-state index contributed by atoms with van der Waals surface area (Å²) in [5.41, 5.74) is 3.63. The lowest BCUT2D eigenvalue weighted by Crippen LogP contribution is -2.43. The second-order valence-corrected chi connectivity index (χ2v) is 5.12. The van der Waals surface area contributed by atoms with E-state index in [1.807, 2.05) is 0 Å². The molecule has 0 amide bonds. The number of nitrogens with two attached hydrogens (primary N) is 1. The van der Waals surface area contributed by atoms with Crippen molar-refractivity contribution >= 4 is 0 Å². The summed E-state index contributed by atoms with van der Waals surface area (Å²) in [5.74, 6) is 4.56. The Morgan fingerprint density at radius 3 is 2.50 bits per heavy atom. The summed E-state index contributed by atoms with van der Waals surface area (Å²) in [6, 6.07) is 4.22. The van der Waals surface area contributed by atoms with Gasteiger partial charge in [0.2, 0.25) is 0 Å². The lowest BCUT2D eigenvalue weighted by Gasteiger charge is -2.29. The van der Waals surface area contributed by atoms with Crippen molar-refractivity contribution in [2.24, 2.45) is 11.8 Å². The Hall–Kier alpha value is -1.00. The molecule has 4 heteroatoms.